The molecule has 110 valence electrons. The average Bonchev–Trinajstić information content (AvgIpc) is 2.42. The Bertz CT molecular complexity index is 462. The van der Waals surface area contributed by atoms with E-state index in [0.717, 1.165) is 44.4 Å². The van der Waals surface area contributed by atoms with Gasteiger partial charge in [-0.05, 0) is 30.0 Å². The van der Waals surface area contributed by atoms with Crippen molar-refractivity contribution in [3.8, 4) is 0 Å². The fourth-order valence-corrected chi connectivity index (χ4v) is 3.46. The molecule has 0 amide bonds. The van der Waals surface area contributed by atoms with Crippen LogP contribution in [0, 0.1) is 0 Å². The summed E-state index contributed by atoms with van der Waals surface area (Å²) in [7, 11) is 0. The van der Waals surface area contributed by atoms with Gasteiger partial charge in [-0.1, -0.05) is 30.2 Å². The zero-order valence-corrected chi connectivity index (χ0v) is 12.7. The molecule has 1 aromatic carbocycles. The lowest BCUT2D eigenvalue weighted by atomic mass is 9.64. The van der Waals surface area contributed by atoms with Crippen LogP contribution in [0.3, 0.4) is 0 Å². The molecule has 2 aliphatic rings. The monoisotopic (exact) mass is 294 g/mol. The fourth-order valence-electron chi connectivity index (χ4n) is 3.22. The summed E-state index contributed by atoms with van der Waals surface area (Å²) in [5.74, 6) is 0. The molecule has 1 aliphatic heterocycles. The Morgan fingerprint density at radius 3 is 2.55 bits per heavy atom. The highest BCUT2D eigenvalue weighted by Crippen LogP contribution is 2.43. The van der Waals surface area contributed by atoms with Crippen molar-refractivity contribution in [2.75, 3.05) is 32.8 Å². The molecule has 4 heteroatoms. The van der Waals surface area contributed by atoms with Crippen molar-refractivity contribution >= 4 is 11.6 Å². The summed E-state index contributed by atoms with van der Waals surface area (Å²) in [6.45, 7) is 5.28. The highest BCUT2D eigenvalue weighted by molar-refractivity contribution is 6.31. The molecule has 0 bridgehead atoms. The summed E-state index contributed by atoms with van der Waals surface area (Å²) < 4.78 is 5.38. The fraction of sp³-hybridized carbons (Fsp3) is 0.625. The standard InChI is InChI=1S/C16H23ClN2O/c17-15-10-14(16(12-18)4-1-5-16)3-2-13(15)11-19-6-8-20-9-7-19/h2-3,10H,1,4-9,11-12,18H2. The third-order valence-electron chi connectivity index (χ3n) is 4.86. The molecule has 2 fully saturated rings. The highest BCUT2D eigenvalue weighted by Gasteiger charge is 2.37. The van der Waals surface area contributed by atoms with E-state index in [4.69, 9.17) is 22.1 Å². The van der Waals surface area contributed by atoms with Gasteiger partial charge in [0.15, 0.2) is 0 Å². The summed E-state index contributed by atoms with van der Waals surface area (Å²) >= 11 is 6.49. The van der Waals surface area contributed by atoms with Crippen molar-refractivity contribution in [3.63, 3.8) is 0 Å². The first-order valence-corrected chi connectivity index (χ1v) is 7.90. The quantitative estimate of drug-likeness (QED) is 0.927. The van der Waals surface area contributed by atoms with E-state index in [1.807, 2.05) is 0 Å². The van der Waals surface area contributed by atoms with Gasteiger partial charge in [-0.15, -0.1) is 0 Å². The number of benzene rings is 1. The molecule has 0 atom stereocenters. The van der Waals surface area contributed by atoms with Crippen LogP contribution in [0.4, 0.5) is 0 Å². The lowest BCUT2D eigenvalue weighted by molar-refractivity contribution is 0.0342. The van der Waals surface area contributed by atoms with Gasteiger partial charge in [0.2, 0.25) is 0 Å². The third kappa shape index (κ3) is 2.73. The lowest BCUT2D eigenvalue weighted by Gasteiger charge is -2.41. The molecule has 2 N–H and O–H groups in total. The van der Waals surface area contributed by atoms with E-state index < -0.39 is 0 Å². The normalized spacial score (nSPS) is 22.5. The van der Waals surface area contributed by atoms with Gasteiger partial charge in [-0.2, -0.15) is 0 Å². The van der Waals surface area contributed by atoms with Crippen LogP contribution in [-0.4, -0.2) is 37.7 Å². The van der Waals surface area contributed by atoms with E-state index in [0.29, 0.717) is 0 Å². The second-order valence-electron chi connectivity index (χ2n) is 6.03. The zero-order chi connectivity index (χ0) is 14.0. The third-order valence-corrected chi connectivity index (χ3v) is 5.22. The van der Waals surface area contributed by atoms with Gasteiger partial charge in [0, 0.05) is 36.6 Å². The molecule has 1 saturated carbocycles. The molecule has 0 unspecified atom stereocenters. The molecule has 1 saturated heterocycles. The Balaban J connectivity index is 1.73. The van der Waals surface area contributed by atoms with Crippen LogP contribution in [0.2, 0.25) is 5.02 Å². The average molecular weight is 295 g/mol. The molecule has 20 heavy (non-hydrogen) atoms. The van der Waals surface area contributed by atoms with Crippen LogP contribution in [0.25, 0.3) is 0 Å². The summed E-state index contributed by atoms with van der Waals surface area (Å²) in [5.41, 5.74) is 8.70. The van der Waals surface area contributed by atoms with Crippen LogP contribution in [0.1, 0.15) is 30.4 Å². The second-order valence-corrected chi connectivity index (χ2v) is 6.44. The smallest absolute Gasteiger partial charge is 0.0594 e. The first-order chi connectivity index (χ1) is 9.73. The maximum absolute atomic E-state index is 6.49. The predicted molar refractivity (Wildman–Crippen MR) is 82.1 cm³/mol. The molecule has 1 heterocycles. The Morgan fingerprint density at radius 1 is 1.25 bits per heavy atom. The minimum absolute atomic E-state index is 0.196. The van der Waals surface area contributed by atoms with Crippen molar-refractivity contribution < 1.29 is 4.74 Å². The van der Waals surface area contributed by atoms with E-state index >= 15 is 0 Å². The van der Waals surface area contributed by atoms with Crippen LogP contribution >= 0.6 is 11.6 Å². The van der Waals surface area contributed by atoms with Gasteiger partial charge in [0.1, 0.15) is 0 Å². The number of halogens is 1. The molecule has 1 aliphatic carbocycles. The number of ether oxygens (including phenoxy) is 1. The van der Waals surface area contributed by atoms with E-state index in [2.05, 4.69) is 23.1 Å². The maximum Gasteiger partial charge on any atom is 0.0594 e. The van der Waals surface area contributed by atoms with Crippen LogP contribution in [0.5, 0.6) is 0 Å². The minimum atomic E-state index is 0.196. The van der Waals surface area contributed by atoms with E-state index in [1.54, 1.807) is 0 Å². The van der Waals surface area contributed by atoms with Crippen LogP contribution < -0.4 is 5.73 Å². The number of hydrogen-bond acceptors (Lipinski definition) is 3. The summed E-state index contributed by atoms with van der Waals surface area (Å²) in [4.78, 5) is 2.40. The topological polar surface area (TPSA) is 38.5 Å². The Kier molecular flexibility index (Phi) is 4.32. The number of morpholine rings is 1. The number of hydrogen-bond donors (Lipinski definition) is 1. The SMILES string of the molecule is NCC1(c2ccc(CN3CCOCC3)c(Cl)c2)CCC1. The molecule has 0 radical (unpaired) electrons. The van der Waals surface area contributed by atoms with Gasteiger partial charge < -0.3 is 10.5 Å². The number of rotatable bonds is 4. The van der Waals surface area contributed by atoms with Crippen molar-refractivity contribution in [1.29, 1.82) is 0 Å². The summed E-state index contributed by atoms with van der Waals surface area (Å²) in [6.07, 6.45) is 3.68. The van der Waals surface area contributed by atoms with Gasteiger partial charge in [-0.3, -0.25) is 4.90 Å². The first-order valence-electron chi connectivity index (χ1n) is 7.53. The van der Waals surface area contributed by atoms with Crippen LogP contribution in [-0.2, 0) is 16.7 Å². The van der Waals surface area contributed by atoms with Gasteiger partial charge in [0.25, 0.3) is 0 Å². The van der Waals surface area contributed by atoms with Gasteiger partial charge in [0.05, 0.1) is 13.2 Å². The predicted octanol–water partition coefficient (Wildman–Crippen LogP) is 2.55. The van der Waals surface area contributed by atoms with E-state index in [-0.39, 0.29) is 5.41 Å². The minimum Gasteiger partial charge on any atom is -0.379 e. The van der Waals surface area contributed by atoms with Crippen molar-refractivity contribution in [1.82, 2.24) is 4.90 Å². The van der Waals surface area contributed by atoms with Crippen molar-refractivity contribution in [2.24, 2.45) is 5.73 Å². The Hall–Kier alpha value is -0.610. The van der Waals surface area contributed by atoms with Gasteiger partial charge in [-0.25, -0.2) is 0 Å². The first kappa shape index (κ1) is 14.3. The number of nitrogens with two attached hydrogens (primary N) is 1. The Morgan fingerprint density at radius 2 is 2.00 bits per heavy atom. The number of nitrogens with zero attached hydrogens (tertiary/aromatic N) is 1. The molecule has 0 aromatic heterocycles. The highest BCUT2D eigenvalue weighted by atomic mass is 35.5. The largest absolute Gasteiger partial charge is 0.379 e. The Labute approximate surface area is 126 Å². The molecular weight excluding hydrogens is 272 g/mol. The lowest BCUT2D eigenvalue weighted by Crippen LogP contribution is -2.41. The molecule has 0 spiro atoms. The molecule has 3 rings (SSSR count). The summed E-state index contributed by atoms with van der Waals surface area (Å²) in [5, 5.41) is 0.883. The van der Waals surface area contributed by atoms with E-state index in [9.17, 15) is 0 Å². The second kappa shape index (κ2) is 6.02. The zero-order valence-electron chi connectivity index (χ0n) is 11.9. The van der Waals surface area contributed by atoms with Gasteiger partial charge >= 0.3 is 0 Å². The van der Waals surface area contributed by atoms with Crippen molar-refractivity contribution in [3.05, 3.63) is 34.3 Å². The van der Waals surface area contributed by atoms with Crippen molar-refractivity contribution in [2.45, 2.75) is 31.2 Å². The molecule has 1 aromatic rings. The van der Waals surface area contributed by atoms with Crippen LogP contribution in [0.15, 0.2) is 18.2 Å². The molecular formula is C16H23ClN2O. The van der Waals surface area contributed by atoms with E-state index in [1.165, 1.54) is 30.4 Å². The maximum atomic E-state index is 6.49. The molecule has 3 nitrogen and oxygen atoms in total. The summed E-state index contributed by atoms with van der Waals surface area (Å²) in [6, 6.07) is 6.56.